The Morgan fingerprint density at radius 3 is 2.22 bits per heavy atom. The van der Waals surface area contributed by atoms with Gasteiger partial charge in [-0.05, 0) is 12.8 Å². The highest BCUT2D eigenvalue weighted by molar-refractivity contribution is 6.99. The first-order valence-corrected chi connectivity index (χ1v) is 15.4. The molecule has 2 atom stereocenters. The van der Waals surface area contributed by atoms with E-state index in [1.807, 2.05) is 6.92 Å². The molecular formula is C29H52N3O3S+. The first-order chi connectivity index (χ1) is 17.5. The quantitative estimate of drug-likeness (QED) is 0.0988. The first-order valence-electron chi connectivity index (χ1n) is 14.7. The number of unbranched alkanes of at least 4 members (excludes halogenated alkanes) is 12. The minimum absolute atomic E-state index is 0.0658. The van der Waals surface area contributed by atoms with Crippen LogP contribution in [-0.2, 0) is 9.53 Å². The second-order valence-electron chi connectivity index (χ2n) is 10.7. The molecule has 0 radical (unpaired) electrons. The van der Waals surface area contributed by atoms with Gasteiger partial charge in [-0.3, -0.25) is 9.28 Å². The summed E-state index contributed by atoms with van der Waals surface area (Å²) in [5.41, 5.74) is 2.02. The minimum atomic E-state index is -0.186. The van der Waals surface area contributed by atoms with Crippen molar-refractivity contribution >= 4 is 23.3 Å². The normalized spacial score (nSPS) is 18.6. The highest BCUT2D eigenvalue weighted by Gasteiger charge is 2.36. The molecule has 0 saturated heterocycles. The Balaban J connectivity index is 1.70. The highest BCUT2D eigenvalue weighted by atomic mass is 32.1. The highest BCUT2D eigenvalue weighted by Crippen LogP contribution is 2.31. The van der Waals surface area contributed by atoms with Gasteiger partial charge in [-0.2, -0.15) is 4.37 Å². The molecule has 0 amide bonds. The third kappa shape index (κ3) is 11.3. The molecule has 2 rings (SSSR count). The van der Waals surface area contributed by atoms with Crippen molar-refractivity contribution in [3.8, 4) is 5.88 Å². The standard InChI is InChI=1S/C29H52N3O3S/c1-5-7-9-11-12-13-14-15-16-17-21-27(33)35-25(3)32(4)22-19-20-26(24-32)28-29(31-36-30-28)34-23-18-10-8-6-2/h20,25H,5-19,21-24H2,1-4H3/q+1/t25-,32?/m1/s1. The number of nitrogens with zero attached hydrogens (tertiary/aromatic N) is 3. The molecule has 1 aliphatic rings. The van der Waals surface area contributed by atoms with E-state index in [2.05, 4.69) is 35.7 Å². The largest absolute Gasteiger partial charge is 0.475 e. The summed E-state index contributed by atoms with van der Waals surface area (Å²) in [6.45, 7) is 8.90. The molecule has 1 aromatic heterocycles. The molecule has 0 N–H and O–H groups in total. The number of aromatic nitrogens is 2. The van der Waals surface area contributed by atoms with Crippen LogP contribution in [-0.4, -0.2) is 52.2 Å². The summed E-state index contributed by atoms with van der Waals surface area (Å²) in [6.07, 6.45) is 20.9. The van der Waals surface area contributed by atoms with Crippen molar-refractivity contribution in [1.82, 2.24) is 8.75 Å². The number of rotatable bonds is 20. The third-order valence-corrected chi connectivity index (χ3v) is 7.99. The van der Waals surface area contributed by atoms with Crippen LogP contribution in [0.1, 0.15) is 129 Å². The molecular weight excluding hydrogens is 470 g/mol. The van der Waals surface area contributed by atoms with Gasteiger partial charge in [0.2, 0.25) is 6.23 Å². The van der Waals surface area contributed by atoms with Gasteiger partial charge in [-0.25, -0.2) is 0 Å². The molecule has 7 heteroatoms. The van der Waals surface area contributed by atoms with E-state index in [0.29, 0.717) is 23.4 Å². The van der Waals surface area contributed by atoms with Gasteiger partial charge in [-0.15, -0.1) is 4.37 Å². The molecule has 1 unspecified atom stereocenters. The number of carbonyl (C=O) groups excluding carboxylic acids is 1. The summed E-state index contributed by atoms with van der Waals surface area (Å²) in [7, 11) is 2.18. The maximum Gasteiger partial charge on any atom is 0.310 e. The first kappa shape index (κ1) is 30.8. The average molecular weight is 523 g/mol. The topological polar surface area (TPSA) is 61.3 Å². The smallest absolute Gasteiger partial charge is 0.310 e. The zero-order valence-electron chi connectivity index (χ0n) is 23.6. The molecule has 206 valence electrons. The van der Waals surface area contributed by atoms with Crippen LogP contribution in [0.5, 0.6) is 5.88 Å². The predicted octanol–water partition coefficient (Wildman–Crippen LogP) is 7.93. The number of carbonyl (C=O) groups is 1. The van der Waals surface area contributed by atoms with Gasteiger partial charge >= 0.3 is 5.97 Å². The zero-order valence-corrected chi connectivity index (χ0v) is 24.4. The summed E-state index contributed by atoms with van der Waals surface area (Å²) < 4.78 is 21.5. The van der Waals surface area contributed by atoms with Crippen LogP contribution >= 0.6 is 11.7 Å². The van der Waals surface area contributed by atoms with Gasteiger partial charge in [0.15, 0.2) is 0 Å². The molecule has 0 spiro atoms. The Hall–Kier alpha value is -1.47. The number of hydrogen-bond acceptors (Lipinski definition) is 6. The van der Waals surface area contributed by atoms with E-state index in [-0.39, 0.29) is 12.2 Å². The summed E-state index contributed by atoms with van der Waals surface area (Å²) in [5, 5.41) is 0. The maximum absolute atomic E-state index is 12.5. The van der Waals surface area contributed by atoms with Crippen LogP contribution in [0.15, 0.2) is 6.08 Å². The van der Waals surface area contributed by atoms with E-state index in [0.717, 1.165) is 50.0 Å². The number of quaternary nitrogens is 1. The second kappa shape index (κ2) is 17.9. The van der Waals surface area contributed by atoms with Crippen molar-refractivity contribution in [3.63, 3.8) is 0 Å². The second-order valence-corrected chi connectivity index (χ2v) is 11.3. The van der Waals surface area contributed by atoms with Crippen LogP contribution in [0, 0.1) is 0 Å². The van der Waals surface area contributed by atoms with Gasteiger partial charge in [-0.1, -0.05) is 97.0 Å². The van der Waals surface area contributed by atoms with Crippen molar-refractivity contribution in [3.05, 3.63) is 11.8 Å². The lowest BCUT2D eigenvalue weighted by Gasteiger charge is -2.41. The average Bonchev–Trinajstić information content (AvgIpc) is 3.33. The van der Waals surface area contributed by atoms with Crippen molar-refractivity contribution < 1.29 is 18.8 Å². The molecule has 0 bridgehead atoms. The van der Waals surface area contributed by atoms with E-state index in [1.54, 1.807) is 0 Å². The van der Waals surface area contributed by atoms with Crippen LogP contribution in [0.3, 0.4) is 0 Å². The Bertz CT molecular complexity index is 767. The molecule has 2 heterocycles. The number of ether oxygens (including phenoxy) is 2. The fraction of sp³-hybridized carbons (Fsp3) is 0.828. The van der Waals surface area contributed by atoms with Crippen LogP contribution in [0.25, 0.3) is 5.57 Å². The lowest BCUT2D eigenvalue weighted by molar-refractivity contribution is -0.944. The summed E-state index contributed by atoms with van der Waals surface area (Å²) in [5.74, 6) is 0.589. The van der Waals surface area contributed by atoms with E-state index in [1.165, 1.54) is 82.4 Å². The van der Waals surface area contributed by atoms with Gasteiger partial charge in [0.25, 0.3) is 5.88 Å². The molecule has 0 saturated carbocycles. The predicted molar refractivity (Wildman–Crippen MR) is 150 cm³/mol. The molecule has 1 aromatic rings. The lowest BCUT2D eigenvalue weighted by Crippen LogP contribution is -2.55. The van der Waals surface area contributed by atoms with E-state index < -0.39 is 0 Å². The fourth-order valence-electron chi connectivity index (χ4n) is 4.85. The van der Waals surface area contributed by atoms with Crippen molar-refractivity contribution in [1.29, 1.82) is 0 Å². The van der Waals surface area contributed by atoms with Crippen LogP contribution < -0.4 is 4.74 Å². The molecule has 36 heavy (non-hydrogen) atoms. The van der Waals surface area contributed by atoms with E-state index in [9.17, 15) is 4.79 Å². The van der Waals surface area contributed by atoms with E-state index >= 15 is 0 Å². The molecule has 6 nitrogen and oxygen atoms in total. The molecule has 0 fully saturated rings. The summed E-state index contributed by atoms with van der Waals surface area (Å²) in [6, 6.07) is 0. The molecule has 0 aromatic carbocycles. The molecule has 1 aliphatic heterocycles. The van der Waals surface area contributed by atoms with Gasteiger partial charge in [0, 0.05) is 25.3 Å². The summed E-state index contributed by atoms with van der Waals surface area (Å²) >= 11 is 1.21. The monoisotopic (exact) mass is 522 g/mol. The SMILES string of the molecule is CCCCCCCCCCCCC(=O)O[C@H](C)[N+]1(C)CCC=C(c2nsnc2OCCCCCC)C1. The number of likely N-dealkylation sites (N-methyl/N-ethyl adjacent to an activating group) is 1. The number of esters is 1. The van der Waals surface area contributed by atoms with Gasteiger partial charge in [0.1, 0.15) is 12.2 Å². The number of hydrogen-bond donors (Lipinski definition) is 0. The Morgan fingerprint density at radius 1 is 0.944 bits per heavy atom. The van der Waals surface area contributed by atoms with Crippen LogP contribution in [0.2, 0.25) is 0 Å². The van der Waals surface area contributed by atoms with Gasteiger partial charge in [0.05, 0.1) is 31.9 Å². The van der Waals surface area contributed by atoms with Crippen molar-refractivity contribution in [2.75, 3.05) is 26.7 Å². The van der Waals surface area contributed by atoms with Gasteiger partial charge < -0.3 is 9.47 Å². The third-order valence-electron chi connectivity index (χ3n) is 7.48. The zero-order chi connectivity index (χ0) is 26.1. The Labute approximate surface area is 224 Å². The molecule has 0 aliphatic carbocycles. The van der Waals surface area contributed by atoms with Crippen molar-refractivity contribution in [2.24, 2.45) is 0 Å². The Morgan fingerprint density at radius 2 is 1.56 bits per heavy atom. The van der Waals surface area contributed by atoms with Crippen LogP contribution in [0.4, 0.5) is 0 Å². The Kier molecular flexibility index (Phi) is 15.3. The summed E-state index contributed by atoms with van der Waals surface area (Å²) in [4.78, 5) is 12.5. The fourth-order valence-corrected chi connectivity index (χ4v) is 5.38. The minimum Gasteiger partial charge on any atom is -0.475 e. The van der Waals surface area contributed by atoms with Crippen molar-refractivity contribution in [2.45, 2.75) is 130 Å². The maximum atomic E-state index is 12.5. The lowest BCUT2D eigenvalue weighted by atomic mass is 10.0. The van der Waals surface area contributed by atoms with E-state index in [4.69, 9.17) is 9.47 Å².